The van der Waals surface area contributed by atoms with Crippen molar-refractivity contribution in [2.45, 2.75) is 39.5 Å². The predicted molar refractivity (Wildman–Crippen MR) is 284 cm³/mol. The first-order valence-corrected chi connectivity index (χ1v) is 23.4. The first-order chi connectivity index (χ1) is 33.8. The van der Waals surface area contributed by atoms with Crippen molar-refractivity contribution in [3.05, 3.63) is 197 Å². The molecule has 0 aliphatic carbocycles. The van der Waals surface area contributed by atoms with Gasteiger partial charge in [0, 0.05) is 65.8 Å². The Morgan fingerprint density at radius 1 is 0.406 bits per heavy atom. The molecule has 0 radical (unpaired) electrons. The van der Waals surface area contributed by atoms with Crippen LogP contribution >= 0.6 is 0 Å². The summed E-state index contributed by atoms with van der Waals surface area (Å²) in [5.41, 5.74) is 14.7. The number of hydrogen-bond acceptors (Lipinski definition) is 8. The van der Waals surface area contributed by atoms with Crippen LogP contribution in [0.1, 0.15) is 50.7 Å². The van der Waals surface area contributed by atoms with Crippen LogP contribution in [-0.4, -0.2) is 4.40 Å². The minimum atomic E-state index is 0.350. The molecular weight excluding hydrogens is 855 g/mol. The van der Waals surface area contributed by atoms with Gasteiger partial charge in [0.2, 0.25) is 0 Å². The van der Waals surface area contributed by atoms with E-state index in [9.17, 15) is 9.81 Å². The average molecular weight is 898 g/mol. The molecule has 332 valence electrons. The van der Waals surface area contributed by atoms with Crippen molar-refractivity contribution in [2.24, 2.45) is 10.4 Å². The number of furan rings is 2. The Kier molecular flexibility index (Phi) is 9.01. The predicted octanol–water partition coefficient (Wildman–Crippen LogP) is 18.6. The van der Waals surface area contributed by atoms with Crippen LogP contribution in [0.5, 0.6) is 0 Å². The van der Waals surface area contributed by atoms with E-state index in [-0.39, 0.29) is 0 Å². The van der Waals surface area contributed by atoms with Gasteiger partial charge in [0.1, 0.15) is 33.6 Å². The molecule has 9 heteroatoms. The van der Waals surface area contributed by atoms with Crippen LogP contribution in [0.15, 0.2) is 195 Å². The van der Waals surface area contributed by atoms with Gasteiger partial charge in [-0.1, -0.05) is 107 Å². The molecule has 69 heavy (non-hydrogen) atoms. The maximum absolute atomic E-state index is 11.8. The minimum Gasteiger partial charge on any atom is -0.454 e. The van der Waals surface area contributed by atoms with Gasteiger partial charge in [-0.15, -0.1) is 9.81 Å². The van der Waals surface area contributed by atoms with E-state index in [0.717, 1.165) is 116 Å². The summed E-state index contributed by atoms with van der Waals surface area (Å²) >= 11 is 0. The number of hydrogen-bond donors (Lipinski definition) is 0. The van der Waals surface area contributed by atoms with E-state index in [1.165, 1.54) is 11.1 Å². The van der Waals surface area contributed by atoms with Crippen molar-refractivity contribution in [3.63, 3.8) is 0 Å². The van der Waals surface area contributed by atoms with Gasteiger partial charge in [0.05, 0.1) is 16.9 Å². The lowest BCUT2D eigenvalue weighted by molar-refractivity contribution is 0.670. The molecule has 13 aromatic rings. The Bertz CT molecular complexity index is 3900. The van der Waals surface area contributed by atoms with Crippen LogP contribution in [0.4, 0.5) is 45.5 Å². The van der Waals surface area contributed by atoms with Crippen molar-refractivity contribution in [3.8, 4) is 0 Å². The number of fused-ring (bicyclic) bond motifs is 14. The SMILES string of the molecule is CC(C)c1ccc(N(c2ccc(N=O)cc2)c2cc3c4ccccc4oc3c3c2c2cccc4c5c(N(c6ccc(N=O)cc6)c6ccc(C(C)C)cc6)cc6c7ccccc7oc6c5n3c24)cc1. The van der Waals surface area contributed by atoms with Crippen molar-refractivity contribution in [2.75, 3.05) is 9.80 Å². The molecule has 0 N–H and O–H groups in total. The van der Waals surface area contributed by atoms with Gasteiger partial charge in [-0.3, -0.25) is 0 Å². The van der Waals surface area contributed by atoms with Crippen molar-refractivity contribution < 1.29 is 8.83 Å². The largest absolute Gasteiger partial charge is 0.454 e. The number of para-hydroxylation sites is 3. The summed E-state index contributed by atoms with van der Waals surface area (Å²) < 4.78 is 16.5. The summed E-state index contributed by atoms with van der Waals surface area (Å²) in [6, 6.07) is 60.0. The molecule has 0 aliphatic heterocycles. The van der Waals surface area contributed by atoms with E-state index in [4.69, 9.17) is 8.83 Å². The van der Waals surface area contributed by atoms with Crippen LogP contribution in [0.25, 0.3) is 82.0 Å². The Morgan fingerprint density at radius 3 is 1.14 bits per heavy atom. The van der Waals surface area contributed by atoms with Crippen molar-refractivity contribution in [1.29, 1.82) is 0 Å². The van der Waals surface area contributed by atoms with Crippen LogP contribution < -0.4 is 9.80 Å². The molecule has 4 aromatic heterocycles. The summed E-state index contributed by atoms with van der Waals surface area (Å²) in [6.07, 6.45) is 0. The molecular formula is C60H43N5O4. The number of anilines is 6. The second-order valence-electron chi connectivity index (χ2n) is 18.6. The quantitative estimate of drug-likeness (QED) is 0.127. The molecule has 0 saturated carbocycles. The third kappa shape index (κ3) is 6.03. The van der Waals surface area contributed by atoms with E-state index in [1.807, 2.05) is 48.5 Å². The van der Waals surface area contributed by atoms with Crippen molar-refractivity contribution >= 4 is 127 Å². The monoisotopic (exact) mass is 897 g/mol. The van der Waals surface area contributed by atoms with Crippen LogP contribution in [0.3, 0.4) is 0 Å². The Hall–Kier alpha value is -8.82. The molecule has 4 heterocycles. The Morgan fingerprint density at radius 2 is 0.768 bits per heavy atom. The van der Waals surface area contributed by atoms with E-state index < -0.39 is 0 Å². The Balaban J connectivity index is 1.23. The standard InChI is InChI=1S/C60H43N5O4/c1-34(2)36-16-24-40(25-17-36)63(42-28-20-38(61-66)21-29-42)50-32-48-44-10-5-7-14-52(44)68-59(48)57-54(50)46-12-9-13-47-55-51(33-49-45-11-6-8-15-53(45)69-60(49)58(55)65(57)56(46)47)64(43-30-22-39(62-67)23-31-43)41-26-18-37(19-27-41)35(3)4/h5-35H,1-4H3. The molecule has 9 aromatic carbocycles. The maximum atomic E-state index is 11.8. The fourth-order valence-corrected chi connectivity index (χ4v) is 10.7. The summed E-state index contributed by atoms with van der Waals surface area (Å²) in [5, 5.41) is 14.5. The van der Waals surface area contributed by atoms with Gasteiger partial charge >= 0.3 is 0 Å². The highest BCUT2D eigenvalue weighted by Gasteiger charge is 2.31. The smallest absolute Gasteiger partial charge is 0.160 e. The topological polar surface area (TPSA) is 96.0 Å². The maximum Gasteiger partial charge on any atom is 0.160 e. The minimum absolute atomic E-state index is 0.350. The third-order valence-corrected chi connectivity index (χ3v) is 14.0. The molecule has 0 atom stereocenters. The number of aromatic nitrogens is 1. The van der Waals surface area contributed by atoms with Gasteiger partial charge in [-0.25, -0.2) is 0 Å². The fraction of sp³-hybridized carbons (Fsp3) is 0.100. The van der Waals surface area contributed by atoms with Gasteiger partial charge in [-0.05, 0) is 130 Å². The first kappa shape index (κ1) is 40.5. The van der Waals surface area contributed by atoms with Gasteiger partial charge in [0.25, 0.3) is 0 Å². The lowest BCUT2D eigenvalue weighted by Crippen LogP contribution is -2.11. The van der Waals surface area contributed by atoms with Crippen LogP contribution in [0.2, 0.25) is 0 Å². The second-order valence-corrected chi connectivity index (χ2v) is 18.6. The van der Waals surface area contributed by atoms with E-state index >= 15 is 0 Å². The zero-order valence-electron chi connectivity index (χ0n) is 38.3. The second kappa shape index (κ2) is 15.4. The zero-order chi connectivity index (χ0) is 46.7. The lowest BCUT2D eigenvalue weighted by atomic mass is 9.99. The lowest BCUT2D eigenvalue weighted by Gasteiger charge is -2.27. The molecule has 9 nitrogen and oxygen atoms in total. The molecule has 0 bridgehead atoms. The highest BCUT2D eigenvalue weighted by molar-refractivity contribution is 6.36. The van der Waals surface area contributed by atoms with Gasteiger partial charge < -0.3 is 23.0 Å². The normalized spacial score (nSPS) is 12.1. The summed E-state index contributed by atoms with van der Waals surface area (Å²) in [4.78, 5) is 28.1. The number of nitrogens with zero attached hydrogens (tertiary/aromatic N) is 5. The summed E-state index contributed by atoms with van der Waals surface area (Å²) in [6.45, 7) is 8.81. The Labute approximate surface area is 395 Å². The zero-order valence-corrected chi connectivity index (χ0v) is 38.3. The third-order valence-electron chi connectivity index (χ3n) is 14.0. The van der Waals surface area contributed by atoms with Gasteiger partial charge in [-0.2, -0.15) is 0 Å². The molecule has 0 amide bonds. The first-order valence-electron chi connectivity index (χ1n) is 23.4. The summed E-state index contributed by atoms with van der Waals surface area (Å²) in [5.74, 6) is 0.700. The highest BCUT2D eigenvalue weighted by atomic mass is 16.3. The van der Waals surface area contributed by atoms with E-state index in [2.05, 4.69) is 155 Å². The van der Waals surface area contributed by atoms with E-state index in [1.54, 1.807) is 24.3 Å². The molecule has 13 rings (SSSR count). The molecule has 0 fully saturated rings. The number of rotatable bonds is 10. The number of benzene rings is 9. The molecule has 0 saturated heterocycles. The van der Waals surface area contributed by atoms with Gasteiger partial charge in [0.15, 0.2) is 11.2 Å². The van der Waals surface area contributed by atoms with Crippen molar-refractivity contribution in [1.82, 2.24) is 4.40 Å². The van der Waals surface area contributed by atoms with Crippen LogP contribution in [0, 0.1) is 9.81 Å². The highest BCUT2D eigenvalue weighted by Crippen LogP contribution is 2.54. The molecule has 0 aliphatic rings. The summed E-state index contributed by atoms with van der Waals surface area (Å²) in [7, 11) is 0. The van der Waals surface area contributed by atoms with E-state index in [0.29, 0.717) is 23.2 Å². The average Bonchev–Trinajstić information content (AvgIpc) is 4.15. The molecule has 0 unspecified atom stereocenters. The molecule has 0 spiro atoms. The number of nitroso groups, excluding NO2 is 2. The fourth-order valence-electron chi connectivity index (χ4n) is 10.7. The van der Waals surface area contributed by atoms with Crippen LogP contribution in [-0.2, 0) is 0 Å².